The van der Waals surface area contributed by atoms with Gasteiger partial charge in [0.25, 0.3) is 0 Å². The molecule has 0 aliphatic carbocycles. The smallest absolute Gasteiger partial charge is 0.416 e. The van der Waals surface area contributed by atoms with Gasteiger partial charge in [-0.1, -0.05) is 6.07 Å². The lowest BCUT2D eigenvalue weighted by Gasteiger charge is -2.16. The van der Waals surface area contributed by atoms with E-state index in [0.29, 0.717) is 0 Å². The Hall–Kier alpha value is -2.57. The molecule has 7 heteroatoms. The van der Waals surface area contributed by atoms with E-state index in [-0.39, 0.29) is 29.2 Å². The van der Waals surface area contributed by atoms with Crippen LogP contribution in [0.3, 0.4) is 0 Å². The van der Waals surface area contributed by atoms with Crippen LogP contribution in [0.4, 0.5) is 24.7 Å². The van der Waals surface area contributed by atoms with Crippen LogP contribution in [0.25, 0.3) is 0 Å². The molecule has 0 bridgehead atoms. The van der Waals surface area contributed by atoms with E-state index in [1.54, 1.807) is 13.0 Å². The SMILES string of the molecule is CCOC(=O)c1cccnc1Nc1cccc(C(F)(F)F)c1C. The molecule has 0 radical (unpaired) electrons. The van der Waals surface area contributed by atoms with Crippen molar-refractivity contribution < 1.29 is 22.7 Å². The van der Waals surface area contributed by atoms with Crippen molar-refractivity contribution in [2.45, 2.75) is 20.0 Å². The third-order valence-electron chi connectivity index (χ3n) is 3.20. The van der Waals surface area contributed by atoms with Crippen LogP contribution in [0, 0.1) is 6.92 Å². The molecule has 0 saturated carbocycles. The van der Waals surface area contributed by atoms with E-state index in [1.165, 1.54) is 31.3 Å². The number of halogens is 3. The van der Waals surface area contributed by atoms with Gasteiger partial charge in [-0.05, 0) is 43.7 Å². The van der Waals surface area contributed by atoms with E-state index < -0.39 is 17.7 Å². The molecule has 0 aliphatic rings. The Morgan fingerprint density at radius 2 is 2.00 bits per heavy atom. The third kappa shape index (κ3) is 3.80. The molecule has 1 aromatic heterocycles. The Labute approximate surface area is 131 Å². The van der Waals surface area contributed by atoms with E-state index >= 15 is 0 Å². The van der Waals surface area contributed by atoms with Crippen molar-refractivity contribution in [3.05, 3.63) is 53.2 Å². The molecule has 0 saturated heterocycles. The van der Waals surface area contributed by atoms with Gasteiger partial charge in [-0.3, -0.25) is 0 Å². The highest BCUT2D eigenvalue weighted by atomic mass is 19.4. The number of hydrogen-bond acceptors (Lipinski definition) is 4. The van der Waals surface area contributed by atoms with Crippen LogP contribution >= 0.6 is 0 Å². The maximum absolute atomic E-state index is 13.0. The largest absolute Gasteiger partial charge is 0.462 e. The van der Waals surface area contributed by atoms with Crippen LogP contribution < -0.4 is 5.32 Å². The topological polar surface area (TPSA) is 51.2 Å². The zero-order chi connectivity index (χ0) is 17.0. The van der Waals surface area contributed by atoms with Crippen molar-refractivity contribution >= 4 is 17.5 Å². The summed E-state index contributed by atoms with van der Waals surface area (Å²) in [6, 6.07) is 6.84. The highest BCUT2D eigenvalue weighted by Gasteiger charge is 2.33. The summed E-state index contributed by atoms with van der Waals surface area (Å²) in [5.41, 5.74) is -0.327. The maximum atomic E-state index is 13.0. The van der Waals surface area contributed by atoms with Gasteiger partial charge >= 0.3 is 12.1 Å². The van der Waals surface area contributed by atoms with Gasteiger partial charge in [0, 0.05) is 11.9 Å². The molecule has 1 aromatic carbocycles. The number of benzene rings is 1. The summed E-state index contributed by atoms with van der Waals surface area (Å²) in [5.74, 6) is -0.443. The standard InChI is InChI=1S/C16H15F3N2O2/c1-3-23-15(22)11-6-5-9-20-14(11)21-13-8-4-7-12(10(13)2)16(17,18)19/h4-9H,3H2,1-2H3,(H,20,21). The van der Waals surface area contributed by atoms with Gasteiger partial charge in [0.1, 0.15) is 11.4 Å². The van der Waals surface area contributed by atoms with Crippen molar-refractivity contribution in [3.63, 3.8) is 0 Å². The summed E-state index contributed by atoms with van der Waals surface area (Å²) in [5, 5.41) is 2.78. The first kappa shape index (κ1) is 16.8. The van der Waals surface area contributed by atoms with Gasteiger partial charge in [-0.15, -0.1) is 0 Å². The molecule has 23 heavy (non-hydrogen) atoms. The number of aromatic nitrogens is 1. The second-order valence-corrected chi connectivity index (χ2v) is 4.72. The Morgan fingerprint density at radius 1 is 1.26 bits per heavy atom. The number of anilines is 2. The molecular weight excluding hydrogens is 309 g/mol. The van der Waals surface area contributed by atoms with Crippen LogP contribution in [0.15, 0.2) is 36.5 Å². The van der Waals surface area contributed by atoms with Crippen LogP contribution in [0.1, 0.15) is 28.4 Å². The number of carbonyl (C=O) groups is 1. The second-order valence-electron chi connectivity index (χ2n) is 4.72. The molecule has 4 nitrogen and oxygen atoms in total. The zero-order valence-corrected chi connectivity index (χ0v) is 12.6. The summed E-state index contributed by atoms with van der Waals surface area (Å²) in [4.78, 5) is 15.9. The van der Waals surface area contributed by atoms with Crippen molar-refractivity contribution in [2.75, 3.05) is 11.9 Å². The Bertz CT molecular complexity index is 715. The van der Waals surface area contributed by atoms with E-state index in [4.69, 9.17) is 4.74 Å². The first-order valence-corrected chi connectivity index (χ1v) is 6.90. The second kappa shape index (κ2) is 6.68. The number of ether oxygens (including phenoxy) is 1. The van der Waals surface area contributed by atoms with E-state index in [1.807, 2.05) is 0 Å². The lowest BCUT2D eigenvalue weighted by molar-refractivity contribution is -0.138. The normalized spacial score (nSPS) is 11.2. The van der Waals surface area contributed by atoms with Gasteiger partial charge in [-0.25, -0.2) is 9.78 Å². The van der Waals surface area contributed by atoms with Gasteiger partial charge in [0.15, 0.2) is 0 Å². The monoisotopic (exact) mass is 324 g/mol. The summed E-state index contributed by atoms with van der Waals surface area (Å²) >= 11 is 0. The van der Waals surface area contributed by atoms with Gasteiger partial charge in [0.05, 0.1) is 12.2 Å². The highest BCUT2D eigenvalue weighted by molar-refractivity contribution is 5.95. The molecule has 0 unspecified atom stereocenters. The summed E-state index contributed by atoms with van der Waals surface area (Å²) in [6.45, 7) is 3.21. The van der Waals surface area contributed by atoms with Gasteiger partial charge in [0.2, 0.25) is 0 Å². The number of nitrogens with zero attached hydrogens (tertiary/aromatic N) is 1. The number of carbonyl (C=O) groups excluding carboxylic acids is 1. The van der Waals surface area contributed by atoms with Gasteiger partial charge in [-0.2, -0.15) is 13.2 Å². The average molecular weight is 324 g/mol. The van der Waals surface area contributed by atoms with E-state index in [9.17, 15) is 18.0 Å². The number of pyridine rings is 1. The van der Waals surface area contributed by atoms with E-state index in [2.05, 4.69) is 10.3 Å². The predicted octanol–water partition coefficient (Wildman–Crippen LogP) is 4.33. The molecule has 0 amide bonds. The fourth-order valence-electron chi connectivity index (χ4n) is 2.08. The molecule has 0 atom stereocenters. The van der Waals surface area contributed by atoms with Crippen LogP contribution in [0.5, 0.6) is 0 Å². The average Bonchev–Trinajstić information content (AvgIpc) is 2.49. The van der Waals surface area contributed by atoms with E-state index in [0.717, 1.165) is 6.07 Å². The van der Waals surface area contributed by atoms with Crippen molar-refractivity contribution in [2.24, 2.45) is 0 Å². The molecule has 0 fully saturated rings. The Balaban J connectivity index is 2.39. The predicted molar refractivity (Wildman–Crippen MR) is 79.7 cm³/mol. The van der Waals surface area contributed by atoms with Crippen LogP contribution in [-0.4, -0.2) is 17.6 Å². The van der Waals surface area contributed by atoms with Gasteiger partial charge < -0.3 is 10.1 Å². The number of nitrogens with one attached hydrogen (secondary N) is 1. The molecule has 2 aromatic rings. The zero-order valence-electron chi connectivity index (χ0n) is 12.6. The Morgan fingerprint density at radius 3 is 2.65 bits per heavy atom. The number of hydrogen-bond donors (Lipinski definition) is 1. The summed E-state index contributed by atoms with van der Waals surface area (Å²) in [6.07, 6.45) is -3.01. The maximum Gasteiger partial charge on any atom is 0.416 e. The van der Waals surface area contributed by atoms with Crippen LogP contribution in [0.2, 0.25) is 0 Å². The minimum absolute atomic E-state index is 0.0282. The molecule has 0 spiro atoms. The molecule has 2 rings (SSSR count). The fraction of sp³-hybridized carbons (Fsp3) is 0.250. The van der Waals surface area contributed by atoms with Crippen LogP contribution in [-0.2, 0) is 10.9 Å². The number of rotatable bonds is 4. The first-order chi connectivity index (χ1) is 10.8. The summed E-state index contributed by atoms with van der Waals surface area (Å²) < 4.78 is 43.8. The highest BCUT2D eigenvalue weighted by Crippen LogP contribution is 2.35. The minimum atomic E-state index is -4.45. The third-order valence-corrected chi connectivity index (χ3v) is 3.20. The minimum Gasteiger partial charge on any atom is -0.462 e. The molecule has 1 N–H and O–H groups in total. The molecule has 0 aliphatic heterocycles. The molecule has 1 heterocycles. The molecule has 122 valence electrons. The lowest BCUT2D eigenvalue weighted by Crippen LogP contribution is -2.11. The van der Waals surface area contributed by atoms with Crippen molar-refractivity contribution in [3.8, 4) is 0 Å². The fourth-order valence-corrected chi connectivity index (χ4v) is 2.08. The van der Waals surface area contributed by atoms with Crippen molar-refractivity contribution in [1.82, 2.24) is 4.98 Å². The Kier molecular flexibility index (Phi) is 4.88. The number of alkyl halides is 3. The molecular formula is C16H15F3N2O2. The number of esters is 1. The first-order valence-electron chi connectivity index (χ1n) is 6.90. The quantitative estimate of drug-likeness (QED) is 0.851. The summed E-state index contributed by atoms with van der Waals surface area (Å²) in [7, 11) is 0. The van der Waals surface area contributed by atoms with Crippen molar-refractivity contribution in [1.29, 1.82) is 0 Å². The lowest BCUT2D eigenvalue weighted by atomic mass is 10.1.